The van der Waals surface area contributed by atoms with Gasteiger partial charge in [0.2, 0.25) is 0 Å². The number of anilines is 1. The summed E-state index contributed by atoms with van der Waals surface area (Å²) in [5.41, 5.74) is 2.29. The van der Waals surface area contributed by atoms with Crippen LogP contribution >= 0.6 is 11.6 Å². The molecule has 15 heavy (non-hydrogen) atoms. The van der Waals surface area contributed by atoms with Crippen LogP contribution in [0, 0.1) is 6.92 Å². The Morgan fingerprint density at radius 2 is 2.27 bits per heavy atom. The van der Waals surface area contributed by atoms with E-state index < -0.39 is 0 Å². The number of nitrogens with one attached hydrogen (secondary N) is 1. The second-order valence-corrected chi connectivity index (χ2v) is 4.50. The molecule has 0 radical (unpaired) electrons. The predicted molar refractivity (Wildman–Crippen MR) is 66.6 cm³/mol. The summed E-state index contributed by atoms with van der Waals surface area (Å²) >= 11 is 6.13. The van der Waals surface area contributed by atoms with E-state index in [-0.39, 0.29) is 0 Å². The lowest BCUT2D eigenvalue weighted by atomic mass is 10.0. The maximum absolute atomic E-state index is 6.13. The van der Waals surface area contributed by atoms with E-state index in [9.17, 15) is 0 Å². The zero-order chi connectivity index (χ0) is 10.7. The fourth-order valence-electron chi connectivity index (χ4n) is 1.88. The largest absolute Gasteiger partial charge is 0.378 e. The van der Waals surface area contributed by atoms with Crippen molar-refractivity contribution in [2.24, 2.45) is 0 Å². The molecular formula is C13H16ClN. The molecule has 1 unspecified atom stereocenters. The molecule has 1 nitrogen and oxygen atoms in total. The van der Waals surface area contributed by atoms with Crippen molar-refractivity contribution < 1.29 is 0 Å². The van der Waals surface area contributed by atoms with Gasteiger partial charge in [0.05, 0.1) is 10.7 Å². The van der Waals surface area contributed by atoms with Crippen LogP contribution in [0.4, 0.5) is 5.69 Å². The first kappa shape index (κ1) is 10.6. The van der Waals surface area contributed by atoms with Gasteiger partial charge in [-0.3, -0.25) is 0 Å². The van der Waals surface area contributed by atoms with Crippen molar-refractivity contribution in [3.05, 3.63) is 40.9 Å². The molecule has 0 heterocycles. The molecule has 0 aromatic heterocycles. The molecular weight excluding hydrogens is 206 g/mol. The molecule has 1 aliphatic carbocycles. The van der Waals surface area contributed by atoms with Gasteiger partial charge in [-0.25, -0.2) is 0 Å². The number of aryl methyl sites for hydroxylation is 1. The van der Waals surface area contributed by atoms with Gasteiger partial charge in [0.1, 0.15) is 0 Å². The van der Waals surface area contributed by atoms with Gasteiger partial charge >= 0.3 is 0 Å². The van der Waals surface area contributed by atoms with Crippen molar-refractivity contribution >= 4 is 17.3 Å². The Bertz CT molecular complexity index is 371. The van der Waals surface area contributed by atoms with Crippen molar-refractivity contribution in [2.75, 3.05) is 5.32 Å². The monoisotopic (exact) mass is 221 g/mol. The molecule has 0 amide bonds. The molecule has 1 aliphatic rings. The number of benzene rings is 1. The SMILES string of the molecule is Cc1ccc(Cl)c(NC2C=CCCC2)c1. The fraction of sp³-hybridized carbons (Fsp3) is 0.385. The number of hydrogen-bond donors (Lipinski definition) is 1. The molecule has 2 heteroatoms. The van der Waals surface area contributed by atoms with E-state index in [4.69, 9.17) is 11.6 Å². The maximum Gasteiger partial charge on any atom is 0.0637 e. The summed E-state index contributed by atoms with van der Waals surface area (Å²) in [6, 6.07) is 6.53. The lowest BCUT2D eigenvalue weighted by molar-refractivity contribution is 0.674. The minimum Gasteiger partial charge on any atom is -0.378 e. The van der Waals surface area contributed by atoms with Gasteiger partial charge < -0.3 is 5.32 Å². The lowest BCUT2D eigenvalue weighted by Crippen LogP contribution is -2.18. The molecule has 1 aromatic rings. The third-order valence-electron chi connectivity index (χ3n) is 2.72. The Hall–Kier alpha value is -0.950. The van der Waals surface area contributed by atoms with Gasteiger partial charge in [0.15, 0.2) is 0 Å². The van der Waals surface area contributed by atoms with Gasteiger partial charge in [-0.1, -0.05) is 29.8 Å². The highest BCUT2D eigenvalue weighted by atomic mass is 35.5. The zero-order valence-electron chi connectivity index (χ0n) is 8.96. The lowest BCUT2D eigenvalue weighted by Gasteiger charge is -2.20. The molecule has 0 bridgehead atoms. The van der Waals surface area contributed by atoms with E-state index in [1.54, 1.807) is 0 Å². The number of halogens is 1. The molecule has 1 atom stereocenters. The Morgan fingerprint density at radius 1 is 1.40 bits per heavy atom. The molecule has 0 aliphatic heterocycles. The van der Waals surface area contributed by atoms with Crippen molar-refractivity contribution in [1.82, 2.24) is 0 Å². The number of hydrogen-bond acceptors (Lipinski definition) is 1. The molecule has 80 valence electrons. The molecule has 2 rings (SSSR count). The van der Waals surface area contributed by atoms with Crippen LogP contribution in [0.25, 0.3) is 0 Å². The van der Waals surface area contributed by atoms with E-state index in [0.717, 1.165) is 10.7 Å². The van der Waals surface area contributed by atoms with Gasteiger partial charge in [-0.15, -0.1) is 0 Å². The van der Waals surface area contributed by atoms with Crippen LogP contribution in [0.1, 0.15) is 24.8 Å². The van der Waals surface area contributed by atoms with Crippen LogP contribution in [-0.4, -0.2) is 6.04 Å². The predicted octanol–water partition coefficient (Wildman–Crippen LogP) is 4.17. The number of allylic oxidation sites excluding steroid dienone is 1. The van der Waals surface area contributed by atoms with Crippen LogP contribution in [0.3, 0.4) is 0 Å². The Kier molecular flexibility index (Phi) is 3.32. The Balaban J connectivity index is 2.12. The molecule has 0 saturated heterocycles. The molecule has 1 N–H and O–H groups in total. The van der Waals surface area contributed by atoms with Crippen LogP contribution in [-0.2, 0) is 0 Å². The second kappa shape index (κ2) is 4.71. The molecule has 0 fully saturated rings. The Morgan fingerprint density at radius 3 is 3.00 bits per heavy atom. The minimum atomic E-state index is 0.443. The highest BCUT2D eigenvalue weighted by Gasteiger charge is 2.09. The van der Waals surface area contributed by atoms with Crippen molar-refractivity contribution in [3.8, 4) is 0 Å². The maximum atomic E-state index is 6.13. The smallest absolute Gasteiger partial charge is 0.0637 e. The third-order valence-corrected chi connectivity index (χ3v) is 3.05. The average molecular weight is 222 g/mol. The standard InChI is InChI=1S/C13H16ClN/c1-10-7-8-12(14)13(9-10)15-11-5-3-2-4-6-11/h3,5,7-9,11,15H,2,4,6H2,1H3. The molecule has 1 aromatic carbocycles. The quantitative estimate of drug-likeness (QED) is 0.740. The topological polar surface area (TPSA) is 12.0 Å². The van der Waals surface area contributed by atoms with Crippen molar-refractivity contribution in [1.29, 1.82) is 0 Å². The van der Waals surface area contributed by atoms with Crippen molar-refractivity contribution in [2.45, 2.75) is 32.2 Å². The first-order chi connectivity index (χ1) is 7.25. The van der Waals surface area contributed by atoms with E-state index in [0.29, 0.717) is 6.04 Å². The van der Waals surface area contributed by atoms with Gasteiger partial charge in [0.25, 0.3) is 0 Å². The van der Waals surface area contributed by atoms with E-state index >= 15 is 0 Å². The molecule has 0 spiro atoms. The summed E-state index contributed by atoms with van der Waals surface area (Å²) in [6.07, 6.45) is 8.14. The van der Waals surface area contributed by atoms with Crippen molar-refractivity contribution in [3.63, 3.8) is 0 Å². The van der Waals surface area contributed by atoms with Gasteiger partial charge in [0, 0.05) is 6.04 Å². The Labute approximate surface area is 96.1 Å². The van der Waals surface area contributed by atoms with Crippen LogP contribution in [0.2, 0.25) is 5.02 Å². The second-order valence-electron chi connectivity index (χ2n) is 4.09. The number of rotatable bonds is 2. The zero-order valence-corrected chi connectivity index (χ0v) is 9.72. The fourth-order valence-corrected chi connectivity index (χ4v) is 2.05. The van der Waals surface area contributed by atoms with E-state index in [1.807, 2.05) is 12.1 Å². The summed E-state index contributed by atoms with van der Waals surface area (Å²) in [5.74, 6) is 0. The summed E-state index contributed by atoms with van der Waals surface area (Å²) in [7, 11) is 0. The van der Waals surface area contributed by atoms with Gasteiger partial charge in [-0.2, -0.15) is 0 Å². The minimum absolute atomic E-state index is 0.443. The normalized spacial score (nSPS) is 20.3. The summed E-state index contributed by atoms with van der Waals surface area (Å²) in [6.45, 7) is 2.08. The molecule has 0 saturated carbocycles. The third kappa shape index (κ3) is 2.75. The highest BCUT2D eigenvalue weighted by Crippen LogP contribution is 2.25. The van der Waals surface area contributed by atoms with E-state index in [2.05, 4.69) is 30.5 Å². The summed E-state index contributed by atoms with van der Waals surface area (Å²) in [5, 5.41) is 4.28. The summed E-state index contributed by atoms with van der Waals surface area (Å²) < 4.78 is 0. The van der Waals surface area contributed by atoms with E-state index in [1.165, 1.54) is 24.8 Å². The highest BCUT2D eigenvalue weighted by molar-refractivity contribution is 6.33. The van der Waals surface area contributed by atoms with Gasteiger partial charge in [-0.05, 0) is 43.9 Å². The first-order valence-corrected chi connectivity index (χ1v) is 5.83. The van der Waals surface area contributed by atoms with Crippen LogP contribution < -0.4 is 5.32 Å². The van der Waals surface area contributed by atoms with Crippen LogP contribution in [0.15, 0.2) is 30.4 Å². The van der Waals surface area contributed by atoms with Crippen LogP contribution in [0.5, 0.6) is 0 Å². The first-order valence-electron chi connectivity index (χ1n) is 5.45. The average Bonchev–Trinajstić information content (AvgIpc) is 2.25. The summed E-state index contributed by atoms with van der Waals surface area (Å²) in [4.78, 5) is 0.